The van der Waals surface area contributed by atoms with Gasteiger partial charge in [0.25, 0.3) is 0 Å². The number of carbonyl (C=O) groups excluding carboxylic acids is 4. The van der Waals surface area contributed by atoms with E-state index < -0.39 is 47.0 Å². The summed E-state index contributed by atoms with van der Waals surface area (Å²) >= 11 is 0. The Kier molecular flexibility index (Phi) is 7.93. The summed E-state index contributed by atoms with van der Waals surface area (Å²) in [6.07, 6.45) is 0.172. The summed E-state index contributed by atoms with van der Waals surface area (Å²) in [7, 11) is 0. The zero-order valence-electron chi connectivity index (χ0n) is 23.9. The number of rotatable bonds is 5. The number of ketones is 1. The lowest BCUT2D eigenvalue weighted by molar-refractivity contribution is -0.172. The molecule has 2 bridgehead atoms. The summed E-state index contributed by atoms with van der Waals surface area (Å²) in [6.45, 7) is 15.1. The predicted molar refractivity (Wildman–Crippen MR) is 145 cm³/mol. The molecule has 0 unspecified atom stereocenters. The van der Waals surface area contributed by atoms with E-state index in [1.165, 1.54) is 13.8 Å². The molecule has 2 fully saturated rings. The first-order valence-electron chi connectivity index (χ1n) is 13.8. The molecule has 39 heavy (non-hydrogen) atoms. The van der Waals surface area contributed by atoms with E-state index >= 15 is 0 Å². The summed E-state index contributed by atoms with van der Waals surface area (Å²) in [5, 5.41) is 0. The molecular formula is C32H40O7. The van der Waals surface area contributed by atoms with Crippen LogP contribution in [0.15, 0.2) is 53.6 Å². The van der Waals surface area contributed by atoms with Crippen LogP contribution in [0.25, 0.3) is 0 Å². The number of esters is 3. The third kappa shape index (κ3) is 5.59. The molecule has 0 N–H and O–H groups in total. The number of hydrogen-bond donors (Lipinski definition) is 0. The topological polar surface area (TPSA) is 96.0 Å². The number of benzene rings is 1. The van der Waals surface area contributed by atoms with E-state index in [4.69, 9.17) is 14.2 Å². The Morgan fingerprint density at radius 3 is 2.23 bits per heavy atom. The number of hydrogen-bond acceptors (Lipinski definition) is 7. The number of fused-ring (bicyclic) bond motifs is 3. The second kappa shape index (κ2) is 10.7. The fourth-order valence-electron chi connectivity index (χ4n) is 7.41. The highest BCUT2D eigenvalue weighted by molar-refractivity contribution is 5.97. The largest absolute Gasteiger partial charge is 0.462 e. The van der Waals surface area contributed by atoms with Crippen molar-refractivity contribution < 1.29 is 33.4 Å². The maximum Gasteiger partial charge on any atom is 0.310 e. The van der Waals surface area contributed by atoms with Crippen LogP contribution in [0.1, 0.15) is 72.8 Å². The van der Waals surface area contributed by atoms with Gasteiger partial charge in [-0.1, -0.05) is 57.7 Å². The van der Waals surface area contributed by atoms with Gasteiger partial charge in [0.1, 0.15) is 18.3 Å². The van der Waals surface area contributed by atoms with E-state index in [1.807, 2.05) is 44.2 Å². The minimum atomic E-state index is -0.657. The van der Waals surface area contributed by atoms with Crippen molar-refractivity contribution in [3.05, 3.63) is 59.2 Å². The van der Waals surface area contributed by atoms with Crippen molar-refractivity contribution in [3.63, 3.8) is 0 Å². The van der Waals surface area contributed by atoms with Gasteiger partial charge in [0.2, 0.25) is 0 Å². The SMILES string of the molecule is C=C1[C@@H](OC(=O)Cc2ccccc2)CC[C@@]2(C)C[C@H](OC(C)=O)C3=C(C)C(=O)C[C@@H]([C@@H](OC(C)=O)[C@H]12)C3(C)C. The minimum absolute atomic E-state index is 0.0421. The van der Waals surface area contributed by atoms with Crippen molar-refractivity contribution in [2.24, 2.45) is 22.7 Å². The van der Waals surface area contributed by atoms with Gasteiger partial charge in [-0.15, -0.1) is 0 Å². The Labute approximate surface area is 231 Å². The van der Waals surface area contributed by atoms with E-state index in [9.17, 15) is 19.2 Å². The van der Waals surface area contributed by atoms with Crippen molar-refractivity contribution >= 4 is 23.7 Å². The van der Waals surface area contributed by atoms with Crippen LogP contribution in [0, 0.1) is 22.7 Å². The molecule has 6 atom stereocenters. The van der Waals surface area contributed by atoms with E-state index in [0.717, 1.165) is 11.1 Å². The number of Topliss-reactive ketones (excluding diaryl/α,β-unsaturated/α-hetero) is 1. The van der Waals surface area contributed by atoms with Gasteiger partial charge in [0.05, 0.1) is 6.42 Å². The number of allylic oxidation sites excluding steroid dienone is 1. The van der Waals surface area contributed by atoms with Gasteiger partial charge >= 0.3 is 17.9 Å². The molecule has 210 valence electrons. The lowest BCUT2D eigenvalue weighted by atomic mass is 9.50. The Morgan fingerprint density at radius 2 is 1.62 bits per heavy atom. The van der Waals surface area contributed by atoms with Crippen molar-refractivity contribution in [1.29, 1.82) is 0 Å². The average Bonchev–Trinajstić information content (AvgIpc) is 2.82. The second-order valence-corrected chi connectivity index (χ2v) is 12.3. The molecule has 1 aromatic carbocycles. The van der Waals surface area contributed by atoms with E-state index in [-0.39, 0.29) is 30.5 Å². The first kappa shape index (κ1) is 28.8. The Morgan fingerprint density at radius 1 is 0.974 bits per heavy atom. The first-order chi connectivity index (χ1) is 18.2. The Balaban J connectivity index is 1.75. The number of ether oxygens (including phenoxy) is 3. The van der Waals surface area contributed by atoms with Gasteiger partial charge in [0, 0.05) is 32.1 Å². The summed E-state index contributed by atoms with van der Waals surface area (Å²) in [5.41, 5.74) is 1.87. The third-order valence-corrected chi connectivity index (χ3v) is 9.16. The van der Waals surface area contributed by atoms with Crippen LogP contribution in [0.2, 0.25) is 0 Å². The van der Waals surface area contributed by atoms with Gasteiger partial charge < -0.3 is 14.2 Å². The van der Waals surface area contributed by atoms with Crippen LogP contribution < -0.4 is 0 Å². The Hall–Kier alpha value is -3.22. The lowest BCUT2D eigenvalue weighted by Crippen LogP contribution is -2.58. The van der Waals surface area contributed by atoms with Gasteiger partial charge in [-0.25, -0.2) is 0 Å². The van der Waals surface area contributed by atoms with Crippen molar-refractivity contribution in [2.75, 3.05) is 0 Å². The number of carbonyl (C=O) groups is 4. The molecule has 2 saturated carbocycles. The maximum atomic E-state index is 13.3. The van der Waals surface area contributed by atoms with Crippen LogP contribution in [0.5, 0.6) is 0 Å². The molecule has 3 aliphatic carbocycles. The second-order valence-electron chi connectivity index (χ2n) is 12.3. The molecule has 0 heterocycles. The zero-order valence-corrected chi connectivity index (χ0v) is 23.9. The molecule has 1 aromatic rings. The van der Waals surface area contributed by atoms with Crippen LogP contribution in [-0.4, -0.2) is 42.0 Å². The van der Waals surface area contributed by atoms with Crippen LogP contribution in [-0.2, 0) is 39.8 Å². The van der Waals surface area contributed by atoms with Gasteiger partial charge in [-0.2, -0.15) is 0 Å². The lowest BCUT2D eigenvalue weighted by Gasteiger charge is -2.57. The van der Waals surface area contributed by atoms with Gasteiger partial charge in [0.15, 0.2) is 5.78 Å². The molecular weight excluding hydrogens is 496 g/mol. The van der Waals surface area contributed by atoms with Crippen molar-refractivity contribution in [3.8, 4) is 0 Å². The quantitative estimate of drug-likeness (QED) is 0.286. The zero-order chi connectivity index (χ0) is 28.7. The molecule has 7 heteroatoms. The third-order valence-electron chi connectivity index (χ3n) is 9.16. The minimum Gasteiger partial charge on any atom is -0.462 e. The molecule has 3 aliphatic rings. The first-order valence-corrected chi connectivity index (χ1v) is 13.8. The standard InChI is InChI=1S/C32H40O7/c1-18-24(35)16-23-30(38-21(4)34)29-19(2)25(39-27(36)15-22-11-9-8-10-12-22)13-14-32(29,7)17-26(37-20(3)33)28(18)31(23,5)6/h8-12,23,25-26,29-30H,2,13-17H2,1,3-7H3/t23-,25-,26-,29-,30+,32-/m0/s1. The highest BCUT2D eigenvalue weighted by Crippen LogP contribution is 2.59. The highest BCUT2D eigenvalue weighted by Gasteiger charge is 2.59. The van der Waals surface area contributed by atoms with E-state index in [0.29, 0.717) is 30.4 Å². The summed E-state index contributed by atoms with van der Waals surface area (Å²) in [5.74, 6) is -2.01. The molecule has 0 amide bonds. The molecule has 0 saturated heterocycles. The Bertz CT molecular complexity index is 1210. The highest BCUT2D eigenvalue weighted by atomic mass is 16.6. The van der Waals surface area contributed by atoms with Crippen LogP contribution in [0.3, 0.4) is 0 Å². The average molecular weight is 537 g/mol. The van der Waals surface area contributed by atoms with Crippen LogP contribution >= 0.6 is 0 Å². The molecule has 4 rings (SSSR count). The van der Waals surface area contributed by atoms with Crippen molar-refractivity contribution in [1.82, 2.24) is 0 Å². The fourth-order valence-corrected chi connectivity index (χ4v) is 7.41. The normalized spacial score (nSPS) is 31.9. The predicted octanol–water partition coefficient (Wildman–Crippen LogP) is 5.31. The molecule has 0 aromatic heterocycles. The molecule has 0 spiro atoms. The van der Waals surface area contributed by atoms with E-state index in [2.05, 4.69) is 13.5 Å². The summed E-state index contributed by atoms with van der Waals surface area (Å²) < 4.78 is 18.0. The monoisotopic (exact) mass is 536 g/mol. The fraction of sp³-hybridized carbons (Fsp3) is 0.562. The van der Waals surface area contributed by atoms with Gasteiger partial charge in [-0.05, 0) is 59.3 Å². The summed E-state index contributed by atoms with van der Waals surface area (Å²) in [4.78, 5) is 51.0. The summed E-state index contributed by atoms with van der Waals surface area (Å²) in [6, 6.07) is 9.41. The smallest absolute Gasteiger partial charge is 0.310 e. The molecule has 7 nitrogen and oxygen atoms in total. The van der Waals surface area contributed by atoms with Crippen LogP contribution in [0.4, 0.5) is 0 Å². The van der Waals surface area contributed by atoms with E-state index in [1.54, 1.807) is 6.92 Å². The molecule has 0 aliphatic heterocycles. The molecule has 0 radical (unpaired) electrons. The van der Waals surface area contributed by atoms with Gasteiger partial charge in [-0.3, -0.25) is 19.2 Å². The maximum absolute atomic E-state index is 13.3. The van der Waals surface area contributed by atoms with Crippen molar-refractivity contribution in [2.45, 2.75) is 92.0 Å².